The van der Waals surface area contributed by atoms with Crippen molar-refractivity contribution in [2.24, 2.45) is 17.6 Å². The molecular formula is C15H27N3O2S. The highest BCUT2D eigenvalue weighted by molar-refractivity contribution is 7.89. The second-order valence-electron chi connectivity index (χ2n) is 6.15. The largest absolute Gasteiger partial charge is 0.349 e. The van der Waals surface area contributed by atoms with Crippen LogP contribution in [0.3, 0.4) is 0 Å². The van der Waals surface area contributed by atoms with E-state index in [1.165, 1.54) is 12.8 Å². The van der Waals surface area contributed by atoms with E-state index >= 15 is 0 Å². The van der Waals surface area contributed by atoms with E-state index in [4.69, 9.17) is 5.73 Å². The fraction of sp³-hybridized carbons (Fsp3) is 0.733. The van der Waals surface area contributed by atoms with E-state index in [9.17, 15) is 8.42 Å². The Kier molecular flexibility index (Phi) is 5.46. The minimum Gasteiger partial charge on any atom is -0.349 e. The lowest BCUT2D eigenvalue weighted by molar-refractivity contribution is 0.283. The number of nitrogens with one attached hydrogen (secondary N) is 1. The van der Waals surface area contributed by atoms with Crippen LogP contribution < -0.4 is 10.5 Å². The number of hydrogen-bond donors (Lipinski definition) is 2. The van der Waals surface area contributed by atoms with Crippen LogP contribution in [-0.2, 0) is 23.1 Å². The molecule has 2 atom stereocenters. The predicted molar refractivity (Wildman–Crippen MR) is 84.3 cm³/mol. The summed E-state index contributed by atoms with van der Waals surface area (Å²) in [4.78, 5) is 0.327. The third kappa shape index (κ3) is 4.08. The van der Waals surface area contributed by atoms with Crippen LogP contribution in [0, 0.1) is 11.8 Å². The van der Waals surface area contributed by atoms with Gasteiger partial charge in [-0.25, -0.2) is 13.1 Å². The minimum absolute atomic E-state index is 0.327. The molecular weight excluding hydrogens is 286 g/mol. The summed E-state index contributed by atoms with van der Waals surface area (Å²) >= 11 is 0. The molecule has 1 aliphatic carbocycles. The Morgan fingerprint density at radius 2 is 2.19 bits per heavy atom. The minimum atomic E-state index is -3.43. The first kappa shape index (κ1) is 16.5. The first-order chi connectivity index (χ1) is 9.96. The second kappa shape index (κ2) is 6.94. The summed E-state index contributed by atoms with van der Waals surface area (Å²) in [6.45, 7) is 5.84. The van der Waals surface area contributed by atoms with Gasteiger partial charge in [0.25, 0.3) is 0 Å². The average Bonchev–Trinajstić information content (AvgIpc) is 2.89. The number of rotatable bonds is 6. The van der Waals surface area contributed by atoms with E-state index in [0.29, 0.717) is 29.8 Å². The van der Waals surface area contributed by atoms with Gasteiger partial charge in [0, 0.05) is 31.5 Å². The van der Waals surface area contributed by atoms with Crippen molar-refractivity contribution in [2.75, 3.05) is 6.54 Å². The molecule has 1 heterocycles. The van der Waals surface area contributed by atoms with Crippen molar-refractivity contribution in [3.05, 3.63) is 18.0 Å². The molecule has 1 fully saturated rings. The molecule has 1 aliphatic rings. The molecule has 21 heavy (non-hydrogen) atoms. The molecule has 0 aliphatic heterocycles. The van der Waals surface area contributed by atoms with Gasteiger partial charge >= 0.3 is 0 Å². The molecule has 0 radical (unpaired) electrons. The van der Waals surface area contributed by atoms with Crippen molar-refractivity contribution >= 4 is 10.0 Å². The summed E-state index contributed by atoms with van der Waals surface area (Å²) in [6, 6.07) is 1.68. The van der Waals surface area contributed by atoms with Gasteiger partial charge in [-0.05, 0) is 37.7 Å². The highest BCUT2D eigenvalue weighted by Gasteiger charge is 2.23. The lowest BCUT2D eigenvalue weighted by Gasteiger charge is -2.26. The van der Waals surface area contributed by atoms with Crippen LogP contribution in [0.2, 0.25) is 0 Å². The highest BCUT2D eigenvalue weighted by Crippen LogP contribution is 2.28. The zero-order valence-electron chi connectivity index (χ0n) is 13.0. The molecule has 1 aromatic heterocycles. The molecule has 0 amide bonds. The van der Waals surface area contributed by atoms with Crippen LogP contribution in [0.15, 0.2) is 17.2 Å². The van der Waals surface area contributed by atoms with Gasteiger partial charge in [-0.15, -0.1) is 0 Å². The topological polar surface area (TPSA) is 77.1 Å². The maximum atomic E-state index is 12.4. The Balaban J connectivity index is 2.02. The average molecular weight is 313 g/mol. The maximum Gasteiger partial charge on any atom is 0.242 e. The molecule has 1 saturated carbocycles. The zero-order valence-corrected chi connectivity index (χ0v) is 13.8. The molecule has 0 spiro atoms. The van der Waals surface area contributed by atoms with Crippen molar-refractivity contribution in [3.63, 3.8) is 0 Å². The summed E-state index contributed by atoms with van der Waals surface area (Å²) in [7, 11) is -3.43. The Morgan fingerprint density at radius 1 is 1.43 bits per heavy atom. The Labute approximate surface area is 128 Å². The molecule has 120 valence electrons. The first-order valence-electron chi connectivity index (χ1n) is 7.85. The second-order valence-corrected chi connectivity index (χ2v) is 7.91. The summed E-state index contributed by atoms with van der Waals surface area (Å²) in [5, 5.41) is 0. The summed E-state index contributed by atoms with van der Waals surface area (Å²) in [5.41, 5.74) is 6.50. The number of aryl methyl sites for hydroxylation is 1. The van der Waals surface area contributed by atoms with E-state index in [1.807, 2.05) is 11.5 Å². The van der Waals surface area contributed by atoms with Gasteiger partial charge in [0.2, 0.25) is 10.0 Å². The lowest BCUT2D eigenvalue weighted by Crippen LogP contribution is -2.31. The Bertz CT molecular complexity index is 544. The summed E-state index contributed by atoms with van der Waals surface area (Å²) in [5.74, 6) is 1.17. The van der Waals surface area contributed by atoms with Crippen molar-refractivity contribution in [1.82, 2.24) is 9.29 Å². The molecule has 0 bridgehead atoms. The third-order valence-corrected chi connectivity index (χ3v) is 5.82. The zero-order chi connectivity index (χ0) is 15.5. The van der Waals surface area contributed by atoms with Crippen molar-refractivity contribution in [3.8, 4) is 0 Å². The van der Waals surface area contributed by atoms with Crippen LogP contribution in [0.5, 0.6) is 0 Å². The van der Waals surface area contributed by atoms with Crippen LogP contribution >= 0.6 is 0 Å². The quantitative estimate of drug-likeness (QED) is 0.844. The molecule has 2 unspecified atom stereocenters. The van der Waals surface area contributed by atoms with Crippen molar-refractivity contribution in [2.45, 2.75) is 57.5 Å². The molecule has 0 aromatic carbocycles. The number of aromatic nitrogens is 1. The van der Waals surface area contributed by atoms with Crippen LogP contribution in [0.1, 0.15) is 45.2 Å². The van der Waals surface area contributed by atoms with Gasteiger partial charge in [0.05, 0.1) is 4.90 Å². The number of nitrogens with two attached hydrogens (primary N) is 1. The first-order valence-corrected chi connectivity index (χ1v) is 9.33. The van der Waals surface area contributed by atoms with Crippen LogP contribution in [0.25, 0.3) is 0 Å². The van der Waals surface area contributed by atoms with E-state index in [-0.39, 0.29) is 0 Å². The predicted octanol–water partition coefficient (Wildman–Crippen LogP) is 2.07. The monoisotopic (exact) mass is 313 g/mol. The van der Waals surface area contributed by atoms with E-state index < -0.39 is 10.0 Å². The van der Waals surface area contributed by atoms with Gasteiger partial charge in [-0.2, -0.15) is 0 Å². The fourth-order valence-electron chi connectivity index (χ4n) is 3.19. The smallest absolute Gasteiger partial charge is 0.242 e. The third-order valence-electron chi connectivity index (χ3n) is 4.43. The molecule has 1 aromatic rings. The number of nitrogens with zero attached hydrogens (tertiary/aromatic N) is 1. The van der Waals surface area contributed by atoms with Crippen molar-refractivity contribution < 1.29 is 8.42 Å². The normalized spacial score (nSPS) is 23.4. The highest BCUT2D eigenvalue weighted by atomic mass is 32.2. The van der Waals surface area contributed by atoms with Gasteiger partial charge < -0.3 is 10.3 Å². The Hall–Kier alpha value is -0.850. The van der Waals surface area contributed by atoms with Crippen LogP contribution in [-0.4, -0.2) is 19.5 Å². The molecule has 0 saturated heterocycles. The molecule has 2 rings (SSSR count). The van der Waals surface area contributed by atoms with Gasteiger partial charge in [0.1, 0.15) is 0 Å². The number of sulfonamides is 1. The number of hydrogen-bond acceptors (Lipinski definition) is 3. The lowest BCUT2D eigenvalue weighted by atomic mass is 9.83. The van der Waals surface area contributed by atoms with E-state index in [1.54, 1.807) is 12.3 Å². The van der Waals surface area contributed by atoms with Gasteiger partial charge in [-0.3, -0.25) is 0 Å². The summed E-state index contributed by atoms with van der Waals surface area (Å²) in [6.07, 6.45) is 6.39. The molecule has 6 heteroatoms. The summed E-state index contributed by atoms with van der Waals surface area (Å²) < 4.78 is 29.4. The SMILES string of the molecule is CCn1cc(S(=O)(=O)NCC2CCCC(C)C2)cc1CN. The standard InChI is InChI=1S/C15H27N3O2S/c1-3-18-11-15(8-14(18)9-16)21(19,20)17-10-13-6-4-5-12(2)7-13/h8,11-13,17H,3-7,9-10,16H2,1-2H3. The van der Waals surface area contributed by atoms with E-state index in [2.05, 4.69) is 11.6 Å². The molecule has 5 nitrogen and oxygen atoms in total. The molecule has 3 N–H and O–H groups in total. The van der Waals surface area contributed by atoms with Crippen LogP contribution in [0.4, 0.5) is 0 Å². The van der Waals surface area contributed by atoms with Gasteiger partial charge in [-0.1, -0.05) is 19.8 Å². The maximum absolute atomic E-state index is 12.4. The fourth-order valence-corrected chi connectivity index (χ4v) is 4.37. The van der Waals surface area contributed by atoms with E-state index in [0.717, 1.165) is 25.1 Å². The van der Waals surface area contributed by atoms with Crippen molar-refractivity contribution in [1.29, 1.82) is 0 Å². The Morgan fingerprint density at radius 3 is 2.76 bits per heavy atom. The van der Waals surface area contributed by atoms with Gasteiger partial charge in [0.15, 0.2) is 0 Å².